The third-order valence-electron chi connectivity index (χ3n) is 4.58. The van der Waals surface area contributed by atoms with E-state index in [2.05, 4.69) is 13.8 Å². The van der Waals surface area contributed by atoms with Gasteiger partial charge in [0.1, 0.15) is 5.78 Å². The Bertz CT molecular complexity index is 221. The van der Waals surface area contributed by atoms with E-state index in [0.717, 1.165) is 12.8 Å². The van der Waals surface area contributed by atoms with Crippen LogP contribution in [0.2, 0.25) is 0 Å². The van der Waals surface area contributed by atoms with Gasteiger partial charge < -0.3 is 0 Å². The summed E-state index contributed by atoms with van der Waals surface area (Å²) in [5, 5.41) is 0. The first-order chi connectivity index (χ1) is 6.13. The van der Waals surface area contributed by atoms with E-state index in [1.54, 1.807) is 0 Å². The monoisotopic (exact) mass is 180 g/mol. The first-order valence-corrected chi connectivity index (χ1v) is 5.64. The van der Waals surface area contributed by atoms with E-state index < -0.39 is 0 Å². The lowest BCUT2D eigenvalue weighted by Gasteiger charge is -2.48. The number of carbonyl (C=O) groups is 1. The highest BCUT2D eigenvalue weighted by atomic mass is 16.1. The van der Waals surface area contributed by atoms with Gasteiger partial charge in [-0.05, 0) is 30.1 Å². The van der Waals surface area contributed by atoms with E-state index in [-0.39, 0.29) is 0 Å². The molecule has 0 saturated heterocycles. The molecule has 3 atom stereocenters. The Balaban J connectivity index is 2.19. The third kappa shape index (κ3) is 1.43. The molecule has 0 bridgehead atoms. The van der Waals surface area contributed by atoms with Gasteiger partial charge in [0.15, 0.2) is 0 Å². The van der Waals surface area contributed by atoms with Crippen molar-refractivity contribution in [3.8, 4) is 0 Å². The molecule has 2 saturated carbocycles. The number of ketones is 1. The molecule has 74 valence electrons. The van der Waals surface area contributed by atoms with Crippen LogP contribution in [0.4, 0.5) is 0 Å². The van der Waals surface area contributed by atoms with Gasteiger partial charge in [-0.15, -0.1) is 0 Å². The molecule has 0 aromatic rings. The van der Waals surface area contributed by atoms with Gasteiger partial charge >= 0.3 is 0 Å². The molecule has 0 amide bonds. The number of carbonyl (C=O) groups excluding carboxylic acids is 1. The van der Waals surface area contributed by atoms with Gasteiger partial charge in [0, 0.05) is 12.8 Å². The Morgan fingerprint density at radius 1 is 1.31 bits per heavy atom. The van der Waals surface area contributed by atoms with Crippen molar-refractivity contribution in [2.24, 2.45) is 17.3 Å². The fourth-order valence-electron chi connectivity index (χ4n) is 3.35. The maximum Gasteiger partial charge on any atom is 0.133 e. The Morgan fingerprint density at radius 2 is 2.08 bits per heavy atom. The van der Waals surface area contributed by atoms with E-state index in [1.165, 1.54) is 25.7 Å². The molecule has 1 nitrogen and oxygen atoms in total. The van der Waals surface area contributed by atoms with E-state index in [0.29, 0.717) is 23.0 Å². The second-order valence-electron chi connectivity index (χ2n) is 5.30. The molecular weight excluding hydrogens is 160 g/mol. The summed E-state index contributed by atoms with van der Waals surface area (Å²) in [6.45, 7) is 4.68. The number of hydrogen-bond donors (Lipinski definition) is 0. The van der Waals surface area contributed by atoms with E-state index in [9.17, 15) is 4.79 Å². The van der Waals surface area contributed by atoms with Crippen LogP contribution in [0, 0.1) is 17.3 Å². The number of hydrogen-bond acceptors (Lipinski definition) is 1. The summed E-state index contributed by atoms with van der Waals surface area (Å²) >= 11 is 0. The van der Waals surface area contributed by atoms with Gasteiger partial charge in [0.2, 0.25) is 0 Å². The van der Waals surface area contributed by atoms with Crippen LogP contribution >= 0.6 is 0 Å². The lowest BCUT2D eigenvalue weighted by molar-refractivity contribution is -0.129. The lowest BCUT2D eigenvalue weighted by atomic mass is 9.56. The predicted octanol–water partition coefficient (Wildman–Crippen LogP) is 3.18. The van der Waals surface area contributed by atoms with Gasteiger partial charge in [0.25, 0.3) is 0 Å². The van der Waals surface area contributed by atoms with Crippen molar-refractivity contribution in [2.75, 3.05) is 0 Å². The summed E-state index contributed by atoms with van der Waals surface area (Å²) in [6, 6.07) is 0. The van der Waals surface area contributed by atoms with E-state index in [4.69, 9.17) is 0 Å². The average molecular weight is 180 g/mol. The standard InChI is InChI=1S/C12H20O/c1-9-7-11(13)8-10-5-3-4-6-12(9,10)2/h9-10H,3-8H2,1-2H3/t9-,10+,12-/m0/s1. The van der Waals surface area contributed by atoms with Crippen LogP contribution in [-0.4, -0.2) is 5.78 Å². The van der Waals surface area contributed by atoms with Crippen molar-refractivity contribution in [1.82, 2.24) is 0 Å². The fraction of sp³-hybridized carbons (Fsp3) is 0.917. The molecule has 2 fully saturated rings. The van der Waals surface area contributed by atoms with Crippen molar-refractivity contribution in [1.29, 1.82) is 0 Å². The highest BCUT2D eigenvalue weighted by Gasteiger charge is 2.45. The topological polar surface area (TPSA) is 17.1 Å². The maximum atomic E-state index is 11.5. The smallest absolute Gasteiger partial charge is 0.133 e. The molecule has 0 heterocycles. The normalized spacial score (nSPS) is 45.8. The molecule has 0 aliphatic heterocycles. The molecule has 0 N–H and O–H groups in total. The predicted molar refractivity (Wildman–Crippen MR) is 53.5 cm³/mol. The Hall–Kier alpha value is -0.330. The maximum absolute atomic E-state index is 11.5. The van der Waals surface area contributed by atoms with Crippen molar-refractivity contribution in [2.45, 2.75) is 52.4 Å². The highest BCUT2D eigenvalue weighted by Crippen LogP contribution is 2.52. The van der Waals surface area contributed by atoms with E-state index >= 15 is 0 Å². The van der Waals surface area contributed by atoms with E-state index in [1.807, 2.05) is 0 Å². The second-order valence-corrected chi connectivity index (χ2v) is 5.30. The molecule has 1 heteroatoms. The van der Waals surface area contributed by atoms with Crippen LogP contribution in [-0.2, 0) is 4.79 Å². The summed E-state index contributed by atoms with van der Waals surface area (Å²) in [5.74, 6) is 1.84. The van der Waals surface area contributed by atoms with Gasteiger partial charge in [-0.3, -0.25) is 4.79 Å². The SMILES string of the molecule is C[C@H]1CC(=O)C[C@H]2CCCC[C@]21C. The lowest BCUT2D eigenvalue weighted by Crippen LogP contribution is -2.42. The first kappa shape index (κ1) is 9.23. The Kier molecular flexibility index (Phi) is 2.21. The van der Waals surface area contributed by atoms with Crippen molar-refractivity contribution in [3.05, 3.63) is 0 Å². The minimum atomic E-state index is 0.492. The number of rotatable bonds is 0. The average Bonchev–Trinajstić information content (AvgIpc) is 2.07. The first-order valence-electron chi connectivity index (χ1n) is 5.64. The summed E-state index contributed by atoms with van der Waals surface area (Å²) in [4.78, 5) is 11.5. The summed E-state index contributed by atoms with van der Waals surface area (Å²) in [5.41, 5.74) is 0.492. The van der Waals surface area contributed by atoms with Gasteiger partial charge in [-0.25, -0.2) is 0 Å². The fourth-order valence-corrected chi connectivity index (χ4v) is 3.35. The van der Waals surface area contributed by atoms with Crippen LogP contribution < -0.4 is 0 Å². The quantitative estimate of drug-likeness (QED) is 0.559. The molecule has 2 aliphatic carbocycles. The van der Waals surface area contributed by atoms with Gasteiger partial charge in [0.05, 0.1) is 0 Å². The molecule has 2 aliphatic rings. The molecule has 2 rings (SSSR count). The van der Waals surface area contributed by atoms with Crippen LogP contribution in [0.1, 0.15) is 52.4 Å². The molecule has 0 aromatic heterocycles. The van der Waals surface area contributed by atoms with Crippen LogP contribution in [0.15, 0.2) is 0 Å². The molecule has 0 unspecified atom stereocenters. The zero-order chi connectivity index (χ0) is 9.47. The highest BCUT2D eigenvalue weighted by molar-refractivity contribution is 5.80. The summed E-state index contributed by atoms with van der Waals surface area (Å²) in [6.07, 6.45) is 7.10. The Labute approximate surface area is 80.9 Å². The molecule has 0 spiro atoms. The summed E-state index contributed by atoms with van der Waals surface area (Å²) < 4.78 is 0. The number of fused-ring (bicyclic) bond motifs is 1. The van der Waals surface area contributed by atoms with Crippen molar-refractivity contribution >= 4 is 5.78 Å². The molecule has 0 radical (unpaired) electrons. The molecule has 0 aromatic carbocycles. The van der Waals surface area contributed by atoms with Gasteiger partial charge in [-0.2, -0.15) is 0 Å². The third-order valence-corrected chi connectivity index (χ3v) is 4.58. The number of Topliss-reactive ketones (excluding diaryl/α,β-unsaturated/α-hetero) is 1. The minimum Gasteiger partial charge on any atom is -0.300 e. The zero-order valence-electron chi connectivity index (χ0n) is 8.81. The molecule has 13 heavy (non-hydrogen) atoms. The van der Waals surface area contributed by atoms with Crippen LogP contribution in [0.3, 0.4) is 0 Å². The van der Waals surface area contributed by atoms with Crippen molar-refractivity contribution < 1.29 is 4.79 Å². The van der Waals surface area contributed by atoms with Crippen molar-refractivity contribution in [3.63, 3.8) is 0 Å². The Morgan fingerprint density at radius 3 is 2.85 bits per heavy atom. The zero-order valence-corrected chi connectivity index (χ0v) is 8.81. The summed E-state index contributed by atoms with van der Waals surface area (Å²) in [7, 11) is 0. The largest absolute Gasteiger partial charge is 0.300 e. The van der Waals surface area contributed by atoms with Gasteiger partial charge in [-0.1, -0.05) is 26.7 Å². The van der Waals surface area contributed by atoms with Crippen LogP contribution in [0.5, 0.6) is 0 Å². The van der Waals surface area contributed by atoms with Crippen LogP contribution in [0.25, 0.3) is 0 Å². The minimum absolute atomic E-state index is 0.492. The second kappa shape index (κ2) is 3.11. The molecular formula is C12H20O.